The van der Waals surface area contributed by atoms with Crippen LogP contribution < -0.4 is 5.32 Å². The Balaban J connectivity index is 0.000000762. The van der Waals surface area contributed by atoms with E-state index in [2.05, 4.69) is 10.4 Å². The maximum absolute atomic E-state index is 12.3. The summed E-state index contributed by atoms with van der Waals surface area (Å²) in [5.74, 6) is -3.76. The number of esters is 2. The number of carbonyl (C=O) groups excluding carboxylic acids is 3. The lowest BCUT2D eigenvalue weighted by atomic mass is 10.0. The molecule has 0 aliphatic carbocycles. The fourth-order valence-electron chi connectivity index (χ4n) is 2.94. The minimum Gasteiger partial charge on any atom is -0.475 e. The highest BCUT2D eigenvalue weighted by molar-refractivity contribution is 8.14. The van der Waals surface area contributed by atoms with Crippen molar-refractivity contribution in [2.45, 2.75) is 51.1 Å². The maximum atomic E-state index is 12.3. The van der Waals surface area contributed by atoms with E-state index < -0.39 is 30.1 Å². The van der Waals surface area contributed by atoms with Gasteiger partial charge in [0.2, 0.25) is 0 Å². The Hall–Kier alpha value is -2.87. The molecule has 14 heteroatoms. The van der Waals surface area contributed by atoms with E-state index in [1.807, 2.05) is 6.08 Å². The van der Waals surface area contributed by atoms with Crippen LogP contribution in [0.2, 0.25) is 0 Å². The van der Waals surface area contributed by atoms with Crippen molar-refractivity contribution in [2.24, 2.45) is 0 Å². The highest BCUT2D eigenvalue weighted by atomic mass is 32.2. The molecule has 1 aliphatic heterocycles. The van der Waals surface area contributed by atoms with Crippen LogP contribution in [0.1, 0.15) is 45.3 Å². The molecule has 1 aliphatic rings. The number of aromatic nitrogens is 2. The average Bonchev–Trinajstić information content (AvgIpc) is 3.21. The van der Waals surface area contributed by atoms with Crippen LogP contribution >= 0.6 is 11.8 Å². The minimum atomic E-state index is -5.08. The number of halogens is 3. The minimum absolute atomic E-state index is 0.0835. The quantitative estimate of drug-likeness (QED) is 0.489. The summed E-state index contributed by atoms with van der Waals surface area (Å²) in [5, 5.41) is 15.1. The number of carboxylic acid groups (broad SMARTS) is 1. The van der Waals surface area contributed by atoms with Crippen LogP contribution in [0.5, 0.6) is 0 Å². The first-order valence-electron chi connectivity index (χ1n) is 10.6. The number of hydrogen-bond donors (Lipinski definition) is 2. The summed E-state index contributed by atoms with van der Waals surface area (Å²) >= 11 is 1.32. The van der Waals surface area contributed by atoms with E-state index in [1.54, 1.807) is 33.0 Å². The van der Waals surface area contributed by atoms with Crippen molar-refractivity contribution in [3.8, 4) is 0 Å². The molecule has 2 heterocycles. The highest BCUT2D eigenvalue weighted by Gasteiger charge is 2.38. The van der Waals surface area contributed by atoms with Crippen LogP contribution in [0, 0.1) is 0 Å². The molecule has 2 N–H and O–H groups in total. The fourth-order valence-corrected chi connectivity index (χ4v) is 3.88. The Morgan fingerprint density at radius 2 is 1.91 bits per heavy atom. The normalized spacial score (nSPS) is 17.7. The van der Waals surface area contributed by atoms with Crippen molar-refractivity contribution < 1.29 is 46.9 Å². The van der Waals surface area contributed by atoms with Gasteiger partial charge >= 0.3 is 24.1 Å². The number of carbonyl (C=O) groups is 4. The van der Waals surface area contributed by atoms with Crippen molar-refractivity contribution >= 4 is 40.9 Å². The summed E-state index contributed by atoms with van der Waals surface area (Å²) in [4.78, 5) is 44.6. The number of piperidine rings is 1. The molecule has 35 heavy (non-hydrogen) atoms. The molecule has 196 valence electrons. The van der Waals surface area contributed by atoms with Crippen LogP contribution in [-0.4, -0.2) is 75.6 Å². The third-order valence-corrected chi connectivity index (χ3v) is 5.54. The lowest BCUT2D eigenvalue weighted by Crippen LogP contribution is -2.32. The Morgan fingerprint density at radius 1 is 1.29 bits per heavy atom. The molecule has 2 rings (SSSR count). The second-order valence-electron chi connectivity index (χ2n) is 7.08. The van der Waals surface area contributed by atoms with E-state index in [0.29, 0.717) is 12.2 Å². The number of nitrogens with one attached hydrogen (secondary N) is 1. The summed E-state index contributed by atoms with van der Waals surface area (Å²) in [5.41, 5.74) is 1.74. The van der Waals surface area contributed by atoms with Gasteiger partial charge in [-0.3, -0.25) is 14.3 Å². The molecule has 1 saturated heterocycles. The smallest absolute Gasteiger partial charge is 0.475 e. The number of nitrogens with zero attached hydrogens (tertiary/aromatic N) is 2. The van der Waals surface area contributed by atoms with Crippen molar-refractivity contribution in [2.75, 3.05) is 26.3 Å². The van der Waals surface area contributed by atoms with E-state index >= 15 is 0 Å². The third kappa shape index (κ3) is 10.9. The van der Waals surface area contributed by atoms with Gasteiger partial charge < -0.3 is 19.9 Å². The molecular weight excluding hydrogens is 495 g/mol. The predicted molar refractivity (Wildman–Crippen MR) is 120 cm³/mol. The van der Waals surface area contributed by atoms with E-state index in [0.717, 1.165) is 18.5 Å². The monoisotopic (exact) mass is 523 g/mol. The Kier molecular flexibility index (Phi) is 12.5. The predicted octanol–water partition coefficient (Wildman–Crippen LogP) is 2.60. The van der Waals surface area contributed by atoms with E-state index in [-0.39, 0.29) is 30.0 Å². The lowest BCUT2D eigenvalue weighted by Gasteiger charge is -2.24. The van der Waals surface area contributed by atoms with Gasteiger partial charge in [0.1, 0.15) is 0 Å². The van der Waals surface area contributed by atoms with Gasteiger partial charge in [0.25, 0.3) is 0 Å². The maximum Gasteiger partial charge on any atom is 0.490 e. The largest absolute Gasteiger partial charge is 0.490 e. The van der Waals surface area contributed by atoms with Crippen molar-refractivity contribution in [1.82, 2.24) is 15.1 Å². The fraction of sp³-hybridized carbons (Fsp3) is 0.571. The zero-order valence-corrected chi connectivity index (χ0v) is 20.3. The molecule has 10 nitrogen and oxygen atoms in total. The van der Waals surface area contributed by atoms with Crippen LogP contribution in [0.4, 0.5) is 13.2 Å². The number of alkyl halides is 3. The topological polar surface area (TPSA) is 137 Å². The molecular formula is C21H28F3N3O7S. The van der Waals surface area contributed by atoms with Gasteiger partial charge in [0.15, 0.2) is 11.2 Å². The highest BCUT2D eigenvalue weighted by Crippen LogP contribution is 2.27. The summed E-state index contributed by atoms with van der Waals surface area (Å²) in [6.07, 6.45) is -0.785. The second-order valence-corrected chi connectivity index (χ2v) is 8.46. The van der Waals surface area contributed by atoms with Gasteiger partial charge in [-0.2, -0.15) is 18.3 Å². The van der Waals surface area contributed by atoms with Crippen LogP contribution in [0.15, 0.2) is 17.8 Å². The van der Waals surface area contributed by atoms with Crippen LogP contribution in [0.25, 0.3) is 6.08 Å². The van der Waals surface area contributed by atoms with Gasteiger partial charge in [-0.15, -0.1) is 0 Å². The molecule has 0 radical (unpaired) electrons. The molecule has 1 fully saturated rings. The van der Waals surface area contributed by atoms with Crippen molar-refractivity contribution in [3.63, 3.8) is 0 Å². The van der Waals surface area contributed by atoms with Crippen molar-refractivity contribution in [1.29, 1.82) is 0 Å². The molecule has 0 saturated carbocycles. The average molecular weight is 524 g/mol. The Bertz CT molecular complexity index is 918. The molecule has 1 aromatic heterocycles. The molecule has 0 aromatic carbocycles. The first-order valence-corrected chi connectivity index (χ1v) is 11.5. The molecule has 1 aromatic rings. The van der Waals surface area contributed by atoms with E-state index in [4.69, 9.17) is 19.4 Å². The second kappa shape index (κ2) is 14.5. The van der Waals surface area contributed by atoms with Gasteiger partial charge in [-0.25, -0.2) is 9.59 Å². The molecule has 0 spiro atoms. The number of rotatable bonds is 8. The summed E-state index contributed by atoms with van der Waals surface area (Å²) < 4.78 is 43.2. The van der Waals surface area contributed by atoms with Gasteiger partial charge in [-0.1, -0.05) is 11.8 Å². The number of thioether (sulfide) groups is 1. The molecule has 2 atom stereocenters. The zero-order chi connectivity index (χ0) is 26.6. The number of carboxylic acids is 1. The summed E-state index contributed by atoms with van der Waals surface area (Å²) in [6.45, 7) is 6.99. The van der Waals surface area contributed by atoms with E-state index in [9.17, 15) is 27.6 Å². The third-order valence-electron chi connectivity index (χ3n) is 4.38. The standard InChI is InChI=1S/C19H27N3O5S.C2HF3O2/c1-4-26-18(24)11-16(19(25)27-5-2)22-9-7-15(21-22)10-14-12-20-8-6-17(14)28-13(3)23;3-2(4,5)1(6)7/h7,9-10,16-17,20H,4-6,8,11-12H2,1-3H3;(H,6,7)/b14-10+;. The van der Waals surface area contributed by atoms with Crippen molar-refractivity contribution in [3.05, 3.63) is 23.5 Å². The summed E-state index contributed by atoms with van der Waals surface area (Å²) in [7, 11) is 0. The molecule has 2 unspecified atom stereocenters. The van der Waals surface area contributed by atoms with Gasteiger partial charge in [0.05, 0.1) is 25.3 Å². The van der Waals surface area contributed by atoms with E-state index in [1.165, 1.54) is 16.4 Å². The van der Waals surface area contributed by atoms with Gasteiger partial charge in [0, 0.05) is 24.9 Å². The van der Waals surface area contributed by atoms with Crippen LogP contribution in [-0.2, 0) is 28.7 Å². The number of ether oxygens (including phenoxy) is 2. The lowest BCUT2D eigenvalue weighted by molar-refractivity contribution is -0.192. The Labute approximate surface area is 204 Å². The van der Waals surface area contributed by atoms with Gasteiger partial charge in [-0.05, 0) is 44.5 Å². The number of hydrogen-bond acceptors (Lipinski definition) is 9. The zero-order valence-electron chi connectivity index (χ0n) is 19.5. The van der Waals surface area contributed by atoms with Crippen LogP contribution in [0.3, 0.4) is 0 Å². The molecule has 0 bridgehead atoms. The first kappa shape index (κ1) is 30.2. The SMILES string of the molecule is CCOC(=O)CC(C(=O)OCC)n1ccc(/C=C2\CNCCC2SC(C)=O)n1.O=C(O)C(F)(F)F. The Morgan fingerprint density at radius 3 is 2.46 bits per heavy atom. The number of aliphatic carboxylic acids is 1. The molecule has 0 amide bonds. The first-order chi connectivity index (χ1) is 16.4. The summed E-state index contributed by atoms with van der Waals surface area (Å²) in [6, 6.07) is 0.895.